The molecule has 0 bridgehead atoms. The normalized spacial score (nSPS) is 11.5. The second kappa shape index (κ2) is 12.7. The number of methoxy groups -OCH3 is 2. The Bertz CT molecular complexity index is 1760. The summed E-state index contributed by atoms with van der Waals surface area (Å²) in [4.78, 5) is 22.3. The van der Waals surface area contributed by atoms with Crippen molar-refractivity contribution >= 4 is 56.9 Å². The molecule has 1 aromatic heterocycles. The van der Waals surface area contributed by atoms with E-state index in [4.69, 9.17) is 19.4 Å². The summed E-state index contributed by atoms with van der Waals surface area (Å²) in [6.07, 6.45) is 0.195. The molecular weight excluding hydrogens is 554 g/mol. The molecule has 0 saturated carbocycles. The van der Waals surface area contributed by atoms with Crippen LogP contribution in [-0.4, -0.2) is 38.9 Å². The van der Waals surface area contributed by atoms with Gasteiger partial charge in [0.15, 0.2) is 11.6 Å². The molecule has 5 rings (SSSR count). The lowest BCUT2D eigenvalue weighted by atomic mass is 10.1. The number of carbonyl (C=O) groups excluding carboxylic acids is 1. The number of nitrogens with zero attached hydrogens (tertiary/aromatic N) is 3. The Hall–Kier alpha value is -5.00. The van der Waals surface area contributed by atoms with Gasteiger partial charge in [-0.15, -0.1) is 0 Å². The van der Waals surface area contributed by atoms with Gasteiger partial charge < -0.3 is 20.1 Å². The molecule has 1 heterocycles. The highest BCUT2D eigenvalue weighted by molar-refractivity contribution is 7.81. The molecule has 0 fully saturated rings. The number of amides is 1. The van der Waals surface area contributed by atoms with Crippen LogP contribution < -0.4 is 24.4 Å². The average molecular weight is 584 g/mol. The summed E-state index contributed by atoms with van der Waals surface area (Å²) >= 11 is -2.56. The van der Waals surface area contributed by atoms with Gasteiger partial charge in [0.1, 0.15) is 11.5 Å². The lowest BCUT2D eigenvalue weighted by Gasteiger charge is -2.23. The minimum atomic E-state index is -2.56. The number of para-hydroxylation sites is 2. The fraction of sp³-hybridized carbons (Fsp3) is 0.129. The Labute approximate surface area is 245 Å². The van der Waals surface area contributed by atoms with E-state index < -0.39 is 11.3 Å². The predicted molar refractivity (Wildman–Crippen MR) is 165 cm³/mol. The maximum atomic E-state index is 12.9. The Morgan fingerprint density at radius 1 is 0.857 bits per heavy atom. The lowest BCUT2D eigenvalue weighted by Crippen LogP contribution is -2.22. The molecule has 11 heteroatoms. The first kappa shape index (κ1) is 28.5. The molecule has 1 amide bonds. The zero-order valence-corrected chi connectivity index (χ0v) is 24.0. The third-order valence-corrected chi connectivity index (χ3v) is 7.19. The van der Waals surface area contributed by atoms with E-state index >= 15 is 0 Å². The summed E-state index contributed by atoms with van der Waals surface area (Å²) in [6, 6.07) is 26.8. The molecule has 0 saturated heterocycles. The standard InChI is InChI=1S/C31H29N5O5S/c1-20-9-4-5-10-21(20)15-29(37)32-22-11-8-12-24(16-22)36(42(38)39)31-30(34-27-13-6-7-14-28(27)35-31)33-23-17-25(40-2)19-26(18-23)41-3/h4-14,16-19H,15H2,1-3H3,(H,32,37)(H,33,34)(H,38,39). The quantitative estimate of drug-likeness (QED) is 0.167. The van der Waals surface area contributed by atoms with E-state index in [-0.39, 0.29) is 24.0 Å². The van der Waals surface area contributed by atoms with Gasteiger partial charge in [-0.05, 0) is 48.4 Å². The zero-order valence-electron chi connectivity index (χ0n) is 23.2. The number of carbonyl (C=O) groups is 1. The maximum absolute atomic E-state index is 12.9. The van der Waals surface area contributed by atoms with E-state index in [0.29, 0.717) is 39.6 Å². The van der Waals surface area contributed by atoms with Crippen molar-refractivity contribution in [2.75, 3.05) is 29.2 Å². The van der Waals surface area contributed by atoms with Crippen molar-refractivity contribution in [3.8, 4) is 11.5 Å². The van der Waals surface area contributed by atoms with Crippen LogP contribution >= 0.6 is 0 Å². The lowest BCUT2D eigenvalue weighted by molar-refractivity contribution is -0.115. The smallest absolute Gasteiger partial charge is 0.268 e. The molecule has 214 valence electrons. The minimum Gasteiger partial charge on any atom is -0.497 e. The summed E-state index contributed by atoms with van der Waals surface area (Å²) in [5, 5.41) is 6.10. The van der Waals surface area contributed by atoms with Gasteiger partial charge in [-0.2, -0.15) is 0 Å². The number of benzene rings is 4. The number of rotatable bonds is 10. The van der Waals surface area contributed by atoms with Crippen molar-refractivity contribution in [2.24, 2.45) is 0 Å². The van der Waals surface area contributed by atoms with Crippen LogP contribution in [0.5, 0.6) is 11.5 Å². The van der Waals surface area contributed by atoms with Crippen LogP contribution in [0.25, 0.3) is 11.0 Å². The van der Waals surface area contributed by atoms with Gasteiger partial charge in [0.25, 0.3) is 11.3 Å². The summed E-state index contributed by atoms with van der Waals surface area (Å²) in [6.45, 7) is 1.95. The van der Waals surface area contributed by atoms with Gasteiger partial charge in [-0.3, -0.25) is 9.35 Å². The van der Waals surface area contributed by atoms with Crippen LogP contribution in [0.4, 0.5) is 28.7 Å². The number of aryl methyl sites for hydroxylation is 1. The van der Waals surface area contributed by atoms with Gasteiger partial charge in [0, 0.05) is 29.6 Å². The number of fused-ring (bicyclic) bond motifs is 1. The highest BCUT2D eigenvalue weighted by Gasteiger charge is 2.24. The Balaban J connectivity index is 1.53. The Morgan fingerprint density at radius 2 is 1.52 bits per heavy atom. The van der Waals surface area contributed by atoms with E-state index in [1.807, 2.05) is 43.3 Å². The number of anilines is 5. The van der Waals surface area contributed by atoms with E-state index in [1.54, 1.807) is 68.8 Å². The molecule has 4 aromatic carbocycles. The number of hydrogen-bond donors (Lipinski definition) is 3. The fourth-order valence-corrected chi connectivity index (χ4v) is 4.98. The van der Waals surface area contributed by atoms with Crippen LogP contribution in [-0.2, 0) is 22.5 Å². The second-order valence-electron chi connectivity index (χ2n) is 9.34. The fourth-order valence-electron chi connectivity index (χ4n) is 4.42. The number of ether oxygens (including phenoxy) is 2. The molecule has 10 nitrogen and oxygen atoms in total. The van der Waals surface area contributed by atoms with E-state index in [9.17, 15) is 13.6 Å². The Morgan fingerprint density at radius 3 is 2.19 bits per heavy atom. The van der Waals surface area contributed by atoms with Crippen molar-refractivity contribution in [3.63, 3.8) is 0 Å². The van der Waals surface area contributed by atoms with Crippen LogP contribution in [0.3, 0.4) is 0 Å². The molecule has 0 radical (unpaired) electrons. The molecule has 5 aromatic rings. The molecule has 42 heavy (non-hydrogen) atoms. The average Bonchev–Trinajstić information content (AvgIpc) is 2.98. The largest absolute Gasteiger partial charge is 0.497 e. The Kier molecular flexibility index (Phi) is 8.60. The van der Waals surface area contributed by atoms with Crippen LogP contribution in [0, 0.1) is 6.92 Å². The first-order valence-corrected chi connectivity index (χ1v) is 14.0. The number of aromatic nitrogens is 2. The summed E-state index contributed by atoms with van der Waals surface area (Å²) in [7, 11) is 3.09. The van der Waals surface area contributed by atoms with E-state index in [0.717, 1.165) is 15.4 Å². The molecule has 1 atom stereocenters. The molecule has 0 aliphatic rings. The van der Waals surface area contributed by atoms with Crippen molar-refractivity contribution in [1.29, 1.82) is 0 Å². The van der Waals surface area contributed by atoms with Crippen LogP contribution in [0.15, 0.2) is 91.0 Å². The molecule has 3 N–H and O–H groups in total. The summed E-state index contributed by atoms with van der Waals surface area (Å²) < 4.78 is 35.3. The van der Waals surface area contributed by atoms with Gasteiger partial charge in [-0.25, -0.2) is 18.5 Å². The van der Waals surface area contributed by atoms with Gasteiger partial charge >= 0.3 is 0 Å². The van der Waals surface area contributed by atoms with Gasteiger partial charge in [0.2, 0.25) is 5.91 Å². The van der Waals surface area contributed by atoms with Crippen molar-refractivity contribution in [2.45, 2.75) is 13.3 Å². The van der Waals surface area contributed by atoms with Crippen molar-refractivity contribution in [3.05, 3.63) is 102 Å². The topological polar surface area (TPSA) is 126 Å². The third-order valence-electron chi connectivity index (χ3n) is 6.49. The molecule has 0 aliphatic carbocycles. The SMILES string of the molecule is COc1cc(Nc2nc3ccccc3nc2N(c2cccc(NC(=O)Cc3ccccc3C)c2)S(=O)O)cc(OC)c1. The monoisotopic (exact) mass is 583 g/mol. The van der Waals surface area contributed by atoms with Gasteiger partial charge in [0.05, 0.1) is 37.4 Å². The number of hydrogen-bond acceptors (Lipinski definition) is 7. The maximum Gasteiger partial charge on any atom is 0.268 e. The first-order chi connectivity index (χ1) is 20.3. The van der Waals surface area contributed by atoms with E-state index in [1.165, 1.54) is 0 Å². The molecule has 0 aliphatic heterocycles. The highest BCUT2D eigenvalue weighted by atomic mass is 32.2. The minimum absolute atomic E-state index is 0.0970. The van der Waals surface area contributed by atoms with E-state index in [2.05, 4.69) is 10.6 Å². The first-order valence-electron chi connectivity index (χ1n) is 13.0. The second-order valence-corrected chi connectivity index (χ2v) is 10.2. The highest BCUT2D eigenvalue weighted by Crippen LogP contribution is 2.36. The summed E-state index contributed by atoms with van der Waals surface area (Å²) in [5.41, 5.74) is 4.40. The van der Waals surface area contributed by atoms with Crippen LogP contribution in [0.1, 0.15) is 11.1 Å². The third kappa shape index (κ3) is 6.48. The van der Waals surface area contributed by atoms with Crippen LogP contribution in [0.2, 0.25) is 0 Å². The zero-order chi connectivity index (χ0) is 29.6. The summed E-state index contributed by atoms with van der Waals surface area (Å²) in [5.74, 6) is 1.20. The molecular formula is C31H29N5O5S. The van der Waals surface area contributed by atoms with Crippen molar-refractivity contribution in [1.82, 2.24) is 9.97 Å². The van der Waals surface area contributed by atoms with Gasteiger partial charge in [-0.1, -0.05) is 42.5 Å². The number of nitrogens with one attached hydrogen (secondary N) is 2. The molecule has 0 spiro atoms. The predicted octanol–water partition coefficient (Wildman–Crippen LogP) is 6.16. The van der Waals surface area contributed by atoms with Crippen molar-refractivity contribution < 1.29 is 23.0 Å². The molecule has 1 unspecified atom stereocenters.